The Balaban J connectivity index is 3.08. The Morgan fingerprint density at radius 2 is 2.29 bits per heavy atom. The second kappa shape index (κ2) is 4.06. The van der Waals surface area contributed by atoms with Crippen LogP contribution in [0.15, 0.2) is 17.1 Å². The summed E-state index contributed by atoms with van der Waals surface area (Å²) >= 11 is 0. The first kappa shape index (κ1) is 10.5. The molecule has 5 nitrogen and oxygen atoms in total. The minimum absolute atomic E-state index is 0.0141. The fourth-order valence-electron chi connectivity index (χ4n) is 1.12. The van der Waals surface area contributed by atoms with Crippen LogP contribution in [-0.4, -0.2) is 27.3 Å². The van der Waals surface area contributed by atoms with Crippen molar-refractivity contribution in [3.8, 4) is 0 Å². The summed E-state index contributed by atoms with van der Waals surface area (Å²) in [5.41, 5.74) is -0.0731. The number of pyridine rings is 1. The van der Waals surface area contributed by atoms with Crippen LogP contribution < -0.4 is 5.56 Å². The number of hydrogen-bond donors (Lipinski definition) is 3. The molecule has 0 amide bonds. The summed E-state index contributed by atoms with van der Waals surface area (Å²) in [4.78, 5) is 24.0. The zero-order valence-electron chi connectivity index (χ0n) is 7.65. The molecule has 1 atom stereocenters. The fourth-order valence-corrected chi connectivity index (χ4v) is 1.12. The van der Waals surface area contributed by atoms with E-state index in [1.165, 1.54) is 13.0 Å². The highest BCUT2D eigenvalue weighted by Crippen LogP contribution is 2.01. The number of carbonyl (C=O) groups is 1. The van der Waals surface area contributed by atoms with Crippen molar-refractivity contribution in [2.45, 2.75) is 19.4 Å². The fraction of sp³-hybridized carbons (Fsp3) is 0.333. The van der Waals surface area contributed by atoms with Crippen molar-refractivity contribution < 1.29 is 15.0 Å². The third kappa shape index (κ3) is 2.43. The van der Waals surface area contributed by atoms with Crippen LogP contribution in [0.5, 0.6) is 0 Å². The van der Waals surface area contributed by atoms with Gasteiger partial charge in [0.05, 0.1) is 11.7 Å². The van der Waals surface area contributed by atoms with Gasteiger partial charge in [-0.15, -0.1) is 0 Å². The number of aromatic nitrogens is 1. The summed E-state index contributed by atoms with van der Waals surface area (Å²) < 4.78 is 0. The molecule has 3 N–H and O–H groups in total. The monoisotopic (exact) mass is 197 g/mol. The van der Waals surface area contributed by atoms with Gasteiger partial charge in [0.25, 0.3) is 5.56 Å². The lowest BCUT2D eigenvalue weighted by Crippen LogP contribution is -2.18. The highest BCUT2D eigenvalue weighted by atomic mass is 16.4. The molecule has 1 unspecified atom stereocenters. The molecule has 76 valence electrons. The van der Waals surface area contributed by atoms with Crippen molar-refractivity contribution in [3.63, 3.8) is 0 Å². The molecular formula is C9H11NO4. The summed E-state index contributed by atoms with van der Waals surface area (Å²) in [5.74, 6) is -1.10. The Bertz CT molecular complexity index is 394. The lowest BCUT2D eigenvalue weighted by Gasteiger charge is -2.03. The minimum Gasteiger partial charge on any atom is -0.478 e. The van der Waals surface area contributed by atoms with Crippen LogP contribution in [0, 0.1) is 0 Å². The number of aliphatic hydroxyl groups excluding tert-OH is 1. The summed E-state index contributed by atoms with van der Waals surface area (Å²) in [7, 11) is 0. The number of H-pyrrole nitrogens is 1. The smallest absolute Gasteiger partial charge is 0.337 e. The lowest BCUT2D eigenvalue weighted by atomic mass is 10.1. The van der Waals surface area contributed by atoms with Gasteiger partial charge in [0.15, 0.2) is 0 Å². The van der Waals surface area contributed by atoms with Gasteiger partial charge in [0.2, 0.25) is 0 Å². The average Bonchev–Trinajstić information content (AvgIpc) is 2.07. The highest BCUT2D eigenvalue weighted by molar-refractivity contribution is 5.87. The second-order valence-electron chi connectivity index (χ2n) is 3.10. The van der Waals surface area contributed by atoms with Crippen molar-refractivity contribution in [3.05, 3.63) is 33.7 Å². The van der Waals surface area contributed by atoms with E-state index in [0.717, 1.165) is 6.20 Å². The molecule has 1 aromatic rings. The van der Waals surface area contributed by atoms with E-state index in [4.69, 9.17) is 10.2 Å². The van der Waals surface area contributed by atoms with E-state index < -0.39 is 12.1 Å². The molecule has 0 radical (unpaired) electrons. The van der Waals surface area contributed by atoms with Gasteiger partial charge in [-0.25, -0.2) is 4.79 Å². The van der Waals surface area contributed by atoms with E-state index in [-0.39, 0.29) is 23.1 Å². The average molecular weight is 197 g/mol. The number of carboxylic acid groups (broad SMARTS) is 1. The molecule has 0 fully saturated rings. The summed E-state index contributed by atoms with van der Waals surface area (Å²) in [6.45, 7) is 1.53. The quantitative estimate of drug-likeness (QED) is 0.636. The number of hydrogen-bond acceptors (Lipinski definition) is 3. The zero-order valence-corrected chi connectivity index (χ0v) is 7.65. The molecule has 0 bridgehead atoms. The van der Waals surface area contributed by atoms with Crippen LogP contribution in [-0.2, 0) is 6.42 Å². The molecular weight excluding hydrogens is 186 g/mol. The first-order chi connectivity index (χ1) is 6.50. The number of aliphatic hydroxyl groups is 1. The van der Waals surface area contributed by atoms with Gasteiger partial charge < -0.3 is 15.2 Å². The minimum atomic E-state index is -1.10. The summed E-state index contributed by atoms with van der Waals surface area (Å²) in [6, 6.07) is 1.27. The SMILES string of the molecule is CC(O)Cc1cc(C(=O)O)c[nH]c1=O. The molecule has 5 heteroatoms. The topological polar surface area (TPSA) is 90.4 Å². The number of rotatable bonds is 3. The first-order valence-corrected chi connectivity index (χ1v) is 4.13. The summed E-state index contributed by atoms with van der Waals surface area (Å²) in [5, 5.41) is 17.7. The molecule has 0 aliphatic rings. The maximum Gasteiger partial charge on any atom is 0.337 e. The number of carboxylic acids is 1. The Morgan fingerprint density at radius 3 is 2.79 bits per heavy atom. The maximum atomic E-state index is 11.2. The molecule has 0 aliphatic heterocycles. The van der Waals surface area contributed by atoms with Gasteiger partial charge >= 0.3 is 5.97 Å². The van der Waals surface area contributed by atoms with Crippen molar-refractivity contribution in [2.24, 2.45) is 0 Å². The summed E-state index contributed by atoms with van der Waals surface area (Å²) in [6.07, 6.45) is 0.618. The molecule has 14 heavy (non-hydrogen) atoms. The molecule has 0 aromatic carbocycles. The third-order valence-corrected chi connectivity index (χ3v) is 1.74. The van der Waals surface area contributed by atoms with E-state index in [1.807, 2.05) is 0 Å². The van der Waals surface area contributed by atoms with Crippen molar-refractivity contribution in [1.29, 1.82) is 0 Å². The second-order valence-corrected chi connectivity index (χ2v) is 3.10. The molecule has 0 spiro atoms. The predicted octanol–water partition coefficient (Wildman–Crippen LogP) is -0.00360. The molecule has 0 saturated heterocycles. The van der Waals surface area contributed by atoms with Crippen molar-refractivity contribution in [1.82, 2.24) is 4.98 Å². The first-order valence-electron chi connectivity index (χ1n) is 4.13. The molecule has 0 aliphatic carbocycles. The van der Waals surface area contributed by atoms with Crippen LogP contribution in [0.2, 0.25) is 0 Å². The number of aromatic amines is 1. The van der Waals surface area contributed by atoms with E-state index in [1.54, 1.807) is 0 Å². The van der Waals surface area contributed by atoms with Gasteiger partial charge in [0, 0.05) is 18.2 Å². The van der Waals surface area contributed by atoms with Gasteiger partial charge in [-0.2, -0.15) is 0 Å². The van der Waals surface area contributed by atoms with Crippen LogP contribution >= 0.6 is 0 Å². The Morgan fingerprint density at radius 1 is 1.64 bits per heavy atom. The lowest BCUT2D eigenvalue weighted by molar-refractivity contribution is 0.0696. The number of nitrogens with one attached hydrogen (secondary N) is 1. The van der Waals surface area contributed by atoms with Gasteiger partial charge in [-0.05, 0) is 13.0 Å². The number of aromatic carboxylic acids is 1. The van der Waals surface area contributed by atoms with E-state index >= 15 is 0 Å². The van der Waals surface area contributed by atoms with Crippen LogP contribution in [0.4, 0.5) is 0 Å². The van der Waals surface area contributed by atoms with Crippen LogP contribution in [0.25, 0.3) is 0 Å². The van der Waals surface area contributed by atoms with Crippen molar-refractivity contribution in [2.75, 3.05) is 0 Å². The van der Waals surface area contributed by atoms with Gasteiger partial charge in [0.1, 0.15) is 0 Å². The predicted molar refractivity (Wildman–Crippen MR) is 49.4 cm³/mol. The Hall–Kier alpha value is -1.62. The highest BCUT2D eigenvalue weighted by Gasteiger charge is 2.08. The van der Waals surface area contributed by atoms with E-state index in [0.29, 0.717) is 0 Å². The van der Waals surface area contributed by atoms with Gasteiger partial charge in [-0.3, -0.25) is 4.79 Å². The maximum absolute atomic E-state index is 11.2. The Labute approximate surface area is 80.0 Å². The zero-order chi connectivity index (χ0) is 10.7. The van der Waals surface area contributed by atoms with Crippen LogP contribution in [0.3, 0.4) is 0 Å². The largest absolute Gasteiger partial charge is 0.478 e. The molecule has 0 saturated carbocycles. The Kier molecular flexibility index (Phi) is 3.03. The van der Waals surface area contributed by atoms with Crippen molar-refractivity contribution >= 4 is 5.97 Å². The molecule has 1 aromatic heterocycles. The normalized spacial score (nSPS) is 12.4. The van der Waals surface area contributed by atoms with E-state index in [2.05, 4.69) is 4.98 Å². The molecule has 1 heterocycles. The third-order valence-electron chi connectivity index (χ3n) is 1.74. The van der Waals surface area contributed by atoms with Gasteiger partial charge in [-0.1, -0.05) is 0 Å². The standard InChI is InChI=1S/C9H11NO4/c1-5(11)2-6-3-7(9(13)14)4-10-8(6)12/h3-5,11H,2H2,1H3,(H,10,12)(H,13,14). The van der Waals surface area contributed by atoms with Crippen LogP contribution in [0.1, 0.15) is 22.8 Å². The molecule has 1 rings (SSSR count). The van der Waals surface area contributed by atoms with E-state index in [9.17, 15) is 9.59 Å².